The third-order valence-electron chi connectivity index (χ3n) is 2.67. The number of carboxylic acid groups (broad SMARTS) is 1. The Morgan fingerprint density at radius 3 is 2.74 bits per heavy atom. The van der Waals surface area contributed by atoms with Gasteiger partial charge >= 0.3 is 12.1 Å². The fourth-order valence-corrected chi connectivity index (χ4v) is 1.83. The van der Waals surface area contributed by atoms with E-state index in [1.165, 1.54) is 6.33 Å². The van der Waals surface area contributed by atoms with E-state index in [0.717, 1.165) is 4.90 Å². The maximum atomic E-state index is 12.0. The van der Waals surface area contributed by atoms with Gasteiger partial charge in [0.15, 0.2) is 11.9 Å². The zero-order valence-corrected chi connectivity index (χ0v) is 11.0. The van der Waals surface area contributed by atoms with Crippen molar-refractivity contribution in [1.29, 1.82) is 0 Å². The average molecular weight is 268 g/mol. The maximum Gasteiger partial charge on any atom is 0.411 e. The zero-order chi connectivity index (χ0) is 14.2. The van der Waals surface area contributed by atoms with E-state index in [0.29, 0.717) is 5.82 Å². The van der Waals surface area contributed by atoms with Gasteiger partial charge in [0.25, 0.3) is 0 Å². The minimum Gasteiger partial charge on any atom is -0.480 e. The number of fused-ring (bicyclic) bond motifs is 1. The number of carboxylic acids is 1. The van der Waals surface area contributed by atoms with E-state index in [2.05, 4.69) is 10.2 Å². The number of nitrogens with zero attached hydrogens (tertiary/aromatic N) is 4. The summed E-state index contributed by atoms with van der Waals surface area (Å²) in [4.78, 5) is 24.5. The molecular weight excluding hydrogens is 252 g/mol. The van der Waals surface area contributed by atoms with Crippen LogP contribution in [0.2, 0.25) is 0 Å². The number of rotatable bonds is 1. The smallest absolute Gasteiger partial charge is 0.411 e. The van der Waals surface area contributed by atoms with E-state index >= 15 is 0 Å². The molecule has 0 bridgehead atoms. The second-order valence-corrected chi connectivity index (χ2v) is 5.36. The van der Waals surface area contributed by atoms with Gasteiger partial charge in [0, 0.05) is 0 Å². The highest BCUT2D eigenvalue weighted by Gasteiger charge is 2.37. The highest BCUT2D eigenvalue weighted by atomic mass is 16.6. The Morgan fingerprint density at radius 2 is 2.16 bits per heavy atom. The van der Waals surface area contributed by atoms with Crippen LogP contribution in [0.15, 0.2) is 6.33 Å². The number of ether oxygens (including phenoxy) is 1. The van der Waals surface area contributed by atoms with Gasteiger partial charge in [-0.2, -0.15) is 0 Å². The fourth-order valence-electron chi connectivity index (χ4n) is 1.83. The Hall–Kier alpha value is -2.12. The summed E-state index contributed by atoms with van der Waals surface area (Å²) in [7, 11) is 0. The Balaban J connectivity index is 2.22. The molecule has 1 aromatic heterocycles. The molecule has 0 radical (unpaired) electrons. The molecule has 0 saturated heterocycles. The summed E-state index contributed by atoms with van der Waals surface area (Å²) in [5, 5.41) is 16.8. The number of aromatic nitrogens is 3. The van der Waals surface area contributed by atoms with Crippen LogP contribution in [0, 0.1) is 0 Å². The predicted octanol–water partition coefficient (Wildman–Crippen LogP) is 0.482. The van der Waals surface area contributed by atoms with Crippen molar-refractivity contribution in [3.8, 4) is 0 Å². The molecule has 1 unspecified atom stereocenters. The normalized spacial score (nSPS) is 18.9. The molecular formula is C11H16N4O4. The Bertz CT molecular complexity index is 505. The first-order chi connectivity index (χ1) is 8.78. The van der Waals surface area contributed by atoms with Crippen molar-refractivity contribution >= 4 is 12.1 Å². The van der Waals surface area contributed by atoms with Gasteiger partial charge in [-0.15, -0.1) is 10.2 Å². The van der Waals surface area contributed by atoms with E-state index < -0.39 is 23.7 Å². The summed E-state index contributed by atoms with van der Waals surface area (Å²) in [5.74, 6) is -0.534. The van der Waals surface area contributed by atoms with Gasteiger partial charge in [-0.05, 0) is 20.8 Å². The van der Waals surface area contributed by atoms with Crippen molar-refractivity contribution in [2.75, 3.05) is 0 Å². The second-order valence-electron chi connectivity index (χ2n) is 5.36. The molecule has 0 aromatic carbocycles. The molecule has 8 nitrogen and oxygen atoms in total. The molecule has 0 saturated carbocycles. The molecule has 0 fully saturated rings. The summed E-state index contributed by atoms with van der Waals surface area (Å²) >= 11 is 0. The van der Waals surface area contributed by atoms with Gasteiger partial charge in [-0.25, -0.2) is 9.59 Å². The first-order valence-corrected chi connectivity index (χ1v) is 5.87. The number of aliphatic carboxylic acids is 1. The van der Waals surface area contributed by atoms with Crippen LogP contribution >= 0.6 is 0 Å². The molecule has 2 rings (SSSR count). The lowest BCUT2D eigenvalue weighted by atomic mass is 10.2. The predicted molar refractivity (Wildman–Crippen MR) is 63.2 cm³/mol. The molecule has 1 aliphatic rings. The van der Waals surface area contributed by atoms with Crippen LogP contribution in [0.4, 0.5) is 4.79 Å². The number of hydrogen-bond donors (Lipinski definition) is 1. The van der Waals surface area contributed by atoms with Crippen molar-refractivity contribution < 1.29 is 19.4 Å². The minimum absolute atomic E-state index is 0.0753. The fraction of sp³-hybridized carbons (Fsp3) is 0.636. The topological polar surface area (TPSA) is 97.5 Å². The SMILES string of the molecule is CC(C)(C)OC(=O)N1Cc2nncn2CC1C(=O)O. The molecule has 1 aliphatic heterocycles. The molecule has 1 amide bonds. The van der Waals surface area contributed by atoms with Crippen LogP contribution in [0.25, 0.3) is 0 Å². The average Bonchev–Trinajstić information content (AvgIpc) is 2.71. The summed E-state index contributed by atoms with van der Waals surface area (Å²) in [6, 6.07) is -0.974. The number of carbonyl (C=O) groups is 2. The number of carbonyl (C=O) groups excluding carboxylic acids is 1. The Kier molecular flexibility index (Phi) is 3.17. The van der Waals surface area contributed by atoms with Crippen LogP contribution in [-0.2, 0) is 22.6 Å². The Labute approximate surface area is 110 Å². The molecule has 104 valence electrons. The molecule has 8 heteroatoms. The van der Waals surface area contributed by atoms with Crippen molar-refractivity contribution in [3.63, 3.8) is 0 Å². The minimum atomic E-state index is -1.08. The second kappa shape index (κ2) is 4.52. The molecule has 0 aliphatic carbocycles. The molecule has 1 N–H and O–H groups in total. The lowest BCUT2D eigenvalue weighted by molar-refractivity contribution is -0.144. The first-order valence-electron chi connectivity index (χ1n) is 5.87. The highest BCUT2D eigenvalue weighted by molar-refractivity contribution is 5.80. The summed E-state index contributed by atoms with van der Waals surface area (Å²) in [5.41, 5.74) is -0.675. The zero-order valence-electron chi connectivity index (χ0n) is 11.0. The number of hydrogen-bond acceptors (Lipinski definition) is 5. The molecule has 1 aromatic rings. The van der Waals surface area contributed by atoms with E-state index in [4.69, 9.17) is 4.74 Å². The van der Waals surface area contributed by atoms with Crippen molar-refractivity contribution in [2.45, 2.75) is 45.5 Å². The van der Waals surface area contributed by atoms with Gasteiger partial charge in [-0.3, -0.25) is 4.90 Å². The van der Waals surface area contributed by atoms with Gasteiger partial charge in [0.05, 0.1) is 13.1 Å². The van der Waals surface area contributed by atoms with E-state index in [-0.39, 0.29) is 13.1 Å². The van der Waals surface area contributed by atoms with Crippen LogP contribution in [-0.4, -0.2) is 48.5 Å². The van der Waals surface area contributed by atoms with Gasteiger partial charge in [0.1, 0.15) is 11.9 Å². The monoisotopic (exact) mass is 268 g/mol. The molecule has 19 heavy (non-hydrogen) atoms. The highest BCUT2D eigenvalue weighted by Crippen LogP contribution is 2.19. The van der Waals surface area contributed by atoms with E-state index in [1.807, 2.05) is 0 Å². The quantitative estimate of drug-likeness (QED) is 0.795. The van der Waals surface area contributed by atoms with Crippen molar-refractivity contribution in [3.05, 3.63) is 12.2 Å². The Morgan fingerprint density at radius 1 is 1.47 bits per heavy atom. The maximum absolute atomic E-state index is 12.0. The van der Waals surface area contributed by atoms with Crippen LogP contribution < -0.4 is 0 Å². The summed E-state index contributed by atoms with van der Waals surface area (Å²) in [6.45, 7) is 5.39. The van der Waals surface area contributed by atoms with Crippen LogP contribution in [0.1, 0.15) is 26.6 Å². The lowest BCUT2D eigenvalue weighted by Crippen LogP contribution is -2.51. The molecule has 2 heterocycles. The first kappa shape index (κ1) is 13.3. The third-order valence-corrected chi connectivity index (χ3v) is 2.67. The summed E-state index contributed by atoms with van der Waals surface area (Å²) in [6.07, 6.45) is 0.798. The van der Waals surface area contributed by atoms with Gasteiger partial charge in [-0.1, -0.05) is 0 Å². The van der Waals surface area contributed by atoms with Crippen LogP contribution in [0.3, 0.4) is 0 Å². The number of amides is 1. The standard InChI is InChI=1S/C11H16N4O4/c1-11(2,3)19-10(18)15-5-8-13-12-6-14(8)4-7(15)9(16)17/h6-7H,4-5H2,1-3H3,(H,16,17). The van der Waals surface area contributed by atoms with E-state index in [1.54, 1.807) is 25.3 Å². The van der Waals surface area contributed by atoms with Gasteiger partial charge < -0.3 is 14.4 Å². The van der Waals surface area contributed by atoms with Crippen LogP contribution in [0.5, 0.6) is 0 Å². The lowest BCUT2D eigenvalue weighted by Gasteiger charge is -2.34. The van der Waals surface area contributed by atoms with Crippen molar-refractivity contribution in [1.82, 2.24) is 19.7 Å². The van der Waals surface area contributed by atoms with Crippen molar-refractivity contribution in [2.24, 2.45) is 0 Å². The molecule has 1 atom stereocenters. The van der Waals surface area contributed by atoms with E-state index in [9.17, 15) is 14.7 Å². The van der Waals surface area contributed by atoms with Gasteiger partial charge in [0.2, 0.25) is 0 Å². The largest absolute Gasteiger partial charge is 0.480 e. The third kappa shape index (κ3) is 2.83. The molecule has 0 spiro atoms. The summed E-state index contributed by atoms with van der Waals surface area (Å²) < 4.78 is 6.84.